The Bertz CT molecular complexity index is 825. The van der Waals surface area contributed by atoms with Gasteiger partial charge in [0.25, 0.3) is 0 Å². The van der Waals surface area contributed by atoms with E-state index in [4.69, 9.17) is 0 Å². The minimum atomic E-state index is -0.523. The predicted octanol–water partition coefficient (Wildman–Crippen LogP) is 4.78. The second-order valence-corrected chi connectivity index (χ2v) is 12.4. The SMILES string of the molecule is CC(C)C(=CCO)CC[C@@H](C)[C@H]1[C@@H](O)C[C@H]2C3=C[C@@H](O)[C@H]4C[C@@H](O)CC[C@]4(C)C3=CC[C@]12C. The summed E-state index contributed by atoms with van der Waals surface area (Å²) < 4.78 is 0. The molecular formula is C29H46O4. The summed E-state index contributed by atoms with van der Waals surface area (Å²) in [7, 11) is 0. The number of allylic oxidation sites excluding steroid dienone is 4. The maximum absolute atomic E-state index is 11.3. The summed E-state index contributed by atoms with van der Waals surface area (Å²) in [6.07, 6.45) is 11.4. The zero-order valence-corrected chi connectivity index (χ0v) is 21.3. The van der Waals surface area contributed by atoms with E-state index >= 15 is 0 Å². The van der Waals surface area contributed by atoms with E-state index in [1.807, 2.05) is 6.08 Å². The molecule has 0 bridgehead atoms. The van der Waals surface area contributed by atoms with Gasteiger partial charge in [-0.2, -0.15) is 0 Å². The van der Waals surface area contributed by atoms with E-state index in [0.29, 0.717) is 18.3 Å². The van der Waals surface area contributed by atoms with Crippen molar-refractivity contribution in [1.82, 2.24) is 0 Å². The summed E-state index contributed by atoms with van der Waals surface area (Å²) in [5, 5.41) is 42.1. The van der Waals surface area contributed by atoms with Crippen LogP contribution in [-0.4, -0.2) is 45.3 Å². The molecule has 4 N–H and O–H groups in total. The molecule has 0 saturated heterocycles. The molecule has 0 spiro atoms. The van der Waals surface area contributed by atoms with Crippen LogP contribution in [0.3, 0.4) is 0 Å². The van der Waals surface area contributed by atoms with Crippen LogP contribution in [0.5, 0.6) is 0 Å². The second-order valence-electron chi connectivity index (χ2n) is 12.4. The molecule has 4 aliphatic rings. The highest BCUT2D eigenvalue weighted by Crippen LogP contribution is 2.65. The van der Waals surface area contributed by atoms with Gasteiger partial charge in [-0.05, 0) is 90.6 Å². The fraction of sp³-hybridized carbons (Fsp3) is 0.793. The molecule has 4 nitrogen and oxygen atoms in total. The first-order valence-electron chi connectivity index (χ1n) is 13.3. The quantitative estimate of drug-likeness (QED) is 0.432. The molecule has 33 heavy (non-hydrogen) atoms. The van der Waals surface area contributed by atoms with Crippen LogP contribution >= 0.6 is 0 Å². The fourth-order valence-corrected chi connectivity index (χ4v) is 8.31. The van der Waals surface area contributed by atoms with E-state index in [2.05, 4.69) is 46.8 Å². The summed E-state index contributed by atoms with van der Waals surface area (Å²) in [5.74, 6) is 1.39. The van der Waals surface area contributed by atoms with E-state index in [1.165, 1.54) is 16.7 Å². The first-order chi connectivity index (χ1) is 15.5. The van der Waals surface area contributed by atoms with Gasteiger partial charge in [0.05, 0.1) is 24.9 Å². The van der Waals surface area contributed by atoms with Crippen molar-refractivity contribution < 1.29 is 20.4 Å². The largest absolute Gasteiger partial charge is 0.393 e. The maximum Gasteiger partial charge on any atom is 0.0764 e. The normalized spacial score (nSPS) is 44.0. The van der Waals surface area contributed by atoms with E-state index in [0.717, 1.165) is 38.5 Å². The number of rotatable bonds is 6. The van der Waals surface area contributed by atoms with Crippen LogP contribution in [-0.2, 0) is 0 Å². The van der Waals surface area contributed by atoms with Crippen molar-refractivity contribution in [2.24, 2.45) is 40.4 Å². The van der Waals surface area contributed by atoms with Gasteiger partial charge in [-0.1, -0.05) is 58.4 Å². The molecule has 4 rings (SSSR count). The summed E-state index contributed by atoms with van der Waals surface area (Å²) >= 11 is 0. The van der Waals surface area contributed by atoms with E-state index < -0.39 is 6.10 Å². The van der Waals surface area contributed by atoms with Crippen molar-refractivity contribution in [2.75, 3.05) is 6.61 Å². The third-order valence-corrected chi connectivity index (χ3v) is 10.2. The molecule has 0 radical (unpaired) electrons. The van der Waals surface area contributed by atoms with Gasteiger partial charge in [0, 0.05) is 5.92 Å². The van der Waals surface area contributed by atoms with Crippen molar-refractivity contribution in [1.29, 1.82) is 0 Å². The number of hydrogen-bond donors (Lipinski definition) is 4. The molecule has 2 saturated carbocycles. The molecule has 0 unspecified atom stereocenters. The first-order valence-corrected chi connectivity index (χ1v) is 13.3. The van der Waals surface area contributed by atoms with Gasteiger partial charge < -0.3 is 20.4 Å². The highest BCUT2D eigenvalue weighted by molar-refractivity contribution is 5.48. The molecule has 0 aromatic rings. The fourth-order valence-electron chi connectivity index (χ4n) is 8.31. The third-order valence-electron chi connectivity index (χ3n) is 10.2. The lowest BCUT2D eigenvalue weighted by atomic mass is 9.51. The summed E-state index contributed by atoms with van der Waals surface area (Å²) in [6.45, 7) is 11.4. The Balaban J connectivity index is 1.59. The highest BCUT2D eigenvalue weighted by atomic mass is 16.3. The second kappa shape index (κ2) is 9.26. The van der Waals surface area contributed by atoms with Crippen LogP contribution in [0.2, 0.25) is 0 Å². The van der Waals surface area contributed by atoms with Gasteiger partial charge in [-0.25, -0.2) is 0 Å². The van der Waals surface area contributed by atoms with E-state index in [1.54, 1.807) is 0 Å². The molecule has 0 aromatic carbocycles. The summed E-state index contributed by atoms with van der Waals surface area (Å²) in [4.78, 5) is 0. The molecule has 186 valence electrons. The Morgan fingerprint density at radius 2 is 1.88 bits per heavy atom. The monoisotopic (exact) mass is 458 g/mol. The van der Waals surface area contributed by atoms with Crippen LogP contribution in [0.1, 0.15) is 79.6 Å². The van der Waals surface area contributed by atoms with Gasteiger partial charge in [-0.15, -0.1) is 0 Å². The van der Waals surface area contributed by atoms with E-state index in [9.17, 15) is 20.4 Å². The topological polar surface area (TPSA) is 80.9 Å². The van der Waals surface area contributed by atoms with Gasteiger partial charge in [-0.3, -0.25) is 0 Å². The van der Waals surface area contributed by atoms with Crippen LogP contribution in [0.15, 0.2) is 34.9 Å². The number of fused-ring (bicyclic) bond motifs is 5. The van der Waals surface area contributed by atoms with Gasteiger partial charge in [0.1, 0.15) is 0 Å². The zero-order chi connectivity index (χ0) is 24.1. The number of aliphatic hydroxyl groups is 4. The smallest absolute Gasteiger partial charge is 0.0764 e. The number of aliphatic hydroxyl groups excluding tert-OH is 4. The van der Waals surface area contributed by atoms with Crippen LogP contribution in [0.25, 0.3) is 0 Å². The van der Waals surface area contributed by atoms with Crippen molar-refractivity contribution >= 4 is 0 Å². The van der Waals surface area contributed by atoms with Crippen molar-refractivity contribution in [3.05, 3.63) is 34.9 Å². The first kappa shape index (κ1) is 25.2. The van der Waals surface area contributed by atoms with Crippen LogP contribution < -0.4 is 0 Å². The maximum atomic E-state index is 11.3. The molecule has 0 amide bonds. The van der Waals surface area contributed by atoms with Crippen molar-refractivity contribution in [3.63, 3.8) is 0 Å². The third kappa shape index (κ3) is 4.20. The zero-order valence-electron chi connectivity index (χ0n) is 21.3. The minimum Gasteiger partial charge on any atom is -0.393 e. The van der Waals surface area contributed by atoms with Crippen molar-refractivity contribution in [2.45, 2.75) is 97.9 Å². The standard InChI is InChI=1S/C29H46O4/c1-17(2)19(10-13-30)7-6-18(3)27-26(33)16-23-21-15-25(32)24-14-20(31)8-11-28(24,4)22(21)9-12-29(23,27)5/h9-10,15,17-18,20,23-27,30-33H,6-8,11-14,16H2,1-5H3/t18-,20+,23+,24-,25-,26+,27+,28-,29+/m1/s1. The molecule has 0 heterocycles. The van der Waals surface area contributed by atoms with Gasteiger partial charge >= 0.3 is 0 Å². The Morgan fingerprint density at radius 1 is 1.15 bits per heavy atom. The Hall–Kier alpha value is -0.940. The Kier molecular flexibility index (Phi) is 7.06. The van der Waals surface area contributed by atoms with Crippen LogP contribution in [0.4, 0.5) is 0 Å². The van der Waals surface area contributed by atoms with Crippen LogP contribution in [0, 0.1) is 40.4 Å². The van der Waals surface area contributed by atoms with Gasteiger partial charge in [0.15, 0.2) is 0 Å². The predicted molar refractivity (Wildman–Crippen MR) is 132 cm³/mol. The lowest BCUT2D eigenvalue weighted by Gasteiger charge is -2.54. The average molecular weight is 459 g/mol. The lowest BCUT2D eigenvalue weighted by Crippen LogP contribution is -2.49. The molecule has 2 fully saturated rings. The molecule has 4 aliphatic carbocycles. The molecule has 0 aliphatic heterocycles. The summed E-state index contributed by atoms with van der Waals surface area (Å²) in [5.41, 5.74) is 3.88. The minimum absolute atomic E-state index is 0.00997. The lowest BCUT2D eigenvalue weighted by molar-refractivity contribution is -0.0240. The number of hydrogen-bond acceptors (Lipinski definition) is 4. The van der Waals surface area contributed by atoms with E-state index in [-0.39, 0.29) is 47.4 Å². The molecule has 0 aromatic heterocycles. The van der Waals surface area contributed by atoms with Crippen molar-refractivity contribution in [3.8, 4) is 0 Å². The Morgan fingerprint density at radius 3 is 2.55 bits per heavy atom. The molecule has 9 atom stereocenters. The molecule has 4 heteroatoms. The summed E-state index contributed by atoms with van der Waals surface area (Å²) in [6, 6.07) is 0. The Labute approximate surface area is 200 Å². The highest BCUT2D eigenvalue weighted by Gasteiger charge is 2.59. The average Bonchev–Trinajstić information content (AvgIpc) is 3.02. The molecular weight excluding hydrogens is 412 g/mol. The van der Waals surface area contributed by atoms with Gasteiger partial charge in [0.2, 0.25) is 0 Å².